The summed E-state index contributed by atoms with van der Waals surface area (Å²) in [5, 5.41) is 9.08. The van der Waals surface area contributed by atoms with E-state index >= 15 is 0 Å². The predicted molar refractivity (Wildman–Crippen MR) is 46.6 cm³/mol. The molecule has 0 bridgehead atoms. The van der Waals surface area contributed by atoms with Crippen molar-refractivity contribution in [2.75, 3.05) is 13.7 Å². The molecule has 0 amide bonds. The second-order valence-electron chi connectivity index (χ2n) is 4.03. The van der Waals surface area contributed by atoms with E-state index in [-0.39, 0.29) is 24.9 Å². The van der Waals surface area contributed by atoms with Crippen molar-refractivity contribution in [3.05, 3.63) is 0 Å². The molecule has 0 aromatic carbocycles. The van der Waals surface area contributed by atoms with Gasteiger partial charge in [0, 0.05) is 7.11 Å². The summed E-state index contributed by atoms with van der Waals surface area (Å²) in [7, 11) is 1.55. The van der Waals surface area contributed by atoms with Gasteiger partial charge < -0.3 is 24.1 Å². The van der Waals surface area contributed by atoms with Gasteiger partial charge in [0.05, 0.1) is 6.61 Å². The van der Waals surface area contributed by atoms with E-state index in [9.17, 15) is 0 Å². The molecule has 5 nitrogen and oxygen atoms in total. The molecule has 2 aliphatic heterocycles. The standard InChI is InChI=1S/C9H16O5/c1-9(2)13-6-5(4-10)12-8(11-3)7(6)14-9/h5-8,10H,4H2,1-3H3/t5-,6?,7+,8-/m1/s1. The Morgan fingerprint density at radius 1 is 1.29 bits per heavy atom. The van der Waals surface area contributed by atoms with Crippen LogP contribution in [0.5, 0.6) is 0 Å². The Hall–Kier alpha value is -0.200. The Balaban J connectivity index is 2.12. The smallest absolute Gasteiger partial charge is 0.186 e. The fourth-order valence-electron chi connectivity index (χ4n) is 1.98. The van der Waals surface area contributed by atoms with Crippen LogP contribution < -0.4 is 0 Å². The Morgan fingerprint density at radius 3 is 2.50 bits per heavy atom. The van der Waals surface area contributed by atoms with Crippen molar-refractivity contribution in [2.24, 2.45) is 0 Å². The van der Waals surface area contributed by atoms with Gasteiger partial charge in [0.15, 0.2) is 12.1 Å². The average Bonchev–Trinajstić information content (AvgIpc) is 2.57. The van der Waals surface area contributed by atoms with Gasteiger partial charge in [0.25, 0.3) is 0 Å². The Bertz CT molecular complexity index is 197. The van der Waals surface area contributed by atoms with Crippen LogP contribution in [0.4, 0.5) is 0 Å². The van der Waals surface area contributed by atoms with Gasteiger partial charge >= 0.3 is 0 Å². The second-order valence-corrected chi connectivity index (χ2v) is 4.03. The quantitative estimate of drug-likeness (QED) is 0.679. The van der Waals surface area contributed by atoms with E-state index in [1.807, 2.05) is 13.8 Å². The third-order valence-corrected chi connectivity index (χ3v) is 2.52. The molecule has 5 heteroatoms. The van der Waals surface area contributed by atoms with Crippen LogP contribution in [-0.4, -0.2) is 49.2 Å². The first-order chi connectivity index (χ1) is 6.57. The highest BCUT2D eigenvalue weighted by molar-refractivity contribution is 4.94. The first kappa shape index (κ1) is 10.3. The fraction of sp³-hybridized carbons (Fsp3) is 1.00. The number of aliphatic hydroxyl groups excluding tert-OH is 1. The van der Waals surface area contributed by atoms with E-state index in [2.05, 4.69) is 0 Å². The maximum absolute atomic E-state index is 9.08. The third kappa shape index (κ3) is 1.55. The van der Waals surface area contributed by atoms with Crippen LogP contribution in [0.2, 0.25) is 0 Å². The summed E-state index contributed by atoms with van der Waals surface area (Å²) in [5.74, 6) is -0.622. The van der Waals surface area contributed by atoms with Gasteiger partial charge in [-0.25, -0.2) is 0 Å². The van der Waals surface area contributed by atoms with Crippen molar-refractivity contribution in [1.29, 1.82) is 0 Å². The molecule has 0 aromatic heterocycles. The van der Waals surface area contributed by atoms with Gasteiger partial charge in [0.2, 0.25) is 0 Å². The number of hydrogen-bond acceptors (Lipinski definition) is 5. The minimum absolute atomic E-state index is 0.0829. The highest BCUT2D eigenvalue weighted by Gasteiger charge is 2.55. The number of aliphatic hydroxyl groups is 1. The first-order valence-corrected chi connectivity index (χ1v) is 4.72. The summed E-state index contributed by atoms with van der Waals surface area (Å²) in [5.41, 5.74) is 0. The van der Waals surface area contributed by atoms with Crippen molar-refractivity contribution in [2.45, 2.75) is 44.2 Å². The lowest BCUT2D eigenvalue weighted by Gasteiger charge is -2.22. The van der Waals surface area contributed by atoms with Gasteiger partial charge in [0.1, 0.15) is 18.3 Å². The summed E-state index contributed by atoms with van der Waals surface area (Å²) < 4.78 is 21.8. The van der Waals surface area contributed by atoms with Gasteiger partial charge in [-0.3, -0.25) is 0 Å². The summed E-state index contributed by atoms with van der Waals surface area (Å²) >= 11 is 0. The van der Waals surface area contributed by atoms with E-state index in [0.29, 0.717) is 0 Å². The molecule has 2 fully saturated rings. The van der Waals surface area contributed by atoms with Gasteiger partial charge in [-0.15, -0.1) is 0 Å². The van der Waals surface area contributed by atoms with Crippen molar-refractivity contribution < 1.29 is 24.1 Å². The molecule has 14 heavy (non-hydrogen) atoms. The van der Waals surface area contributed by atoms with Gasteiger partial charge in [-0.2, -0.15) is 0 Å². The van der Waals surface area contributed by atoms with Crippen molar-refractivity contribution in [3.8, 4) is 0 Å². The second kappa shape index (κ2) is 3.43. The molecular formula is C9H16O5. The molecule has 0 saturated carbocycles. The summed E-state index contributed by atoms with van der Waals surface area (Å²) in [6.45, 7) is 3.60. The molecule has 4 atom stereocenters. The highest BCUT2D eigenvalue weighted by atomic mass is 16.8. The van der Waals surface area contributed by atoms with E-state index in [0.717, 1.165) is 0 Å². The zero-order valence-electron chi connectivity index (χ0n) is 8.60. The lowest BCUT2D eigenvalue weighted by molar-refractivity contribution is -0.230. The van der Waals surface area contributed by atoms with Crippen LogP contribution in [0.3, 0.4) is 0 Å². The Kier molecular flexibility index (Phi) is 2.53. The normalized spacial score (nSPS) is 45.4. The van der Waals surface area contributed by atoms with Crippen molar-refractivity contribution in [1.82, 2.24) is 0 Å². The van der Waals surface area contributed by atoms with E-state index in [1.54, 1.807) is 7.11 Å². The Labute approximate surface area is 82.9 Å². The molecule has 2 saturated heterocycles. The molecule has 0 spiro atoms. The minimum atomic E-state index is -0.622. The maximum Gasteiger partial charge on any atom is 0.186 e. The van der Waals surface area contributed by atoms with Crippen LogP contribution in [0.25, 0.3) is 0 Å². The molecular weight excluding hydrogens is 188 g/mol. The predicted octanol–water partition coefficient (Wildman–Crippen LogP) is -0.130. The Morgan fingerprint density at radius 2 is 1.93 bits per heavy atom. The van der Waals surface area contributed by atoms with Gasteiger partial charge in [-0.1, -0.05) is 0 Å². The first-order valence-electron chi connectivity index (χ1n) is 4.72. The summed E-state index contributed by atoms with van der Waals surface area (Å²) in [4.78, 5) is 0. The zero-order chi connectivity index (χ0) is 10.3. The van der Waals surface area contributed by atoms with Crippen LogP contribution in [0.15, 0.2) is 0 Å². The van der Waals surface area contributed by atoms with Crippen LogP contribution >= 0.6 is 0 Å². The van der Waals surface area contributed by atoms with Gasteiger partial charge in [-0.05, 0) is 13.8 Å². The number of methoxy groups -OCH3 is 1. The monoisotopic (exact) mass is 204 g/mol. The number of ether oxygens (including phenoxy) is 4. The molecule has 1 unspecified atom stereocenters. The topological polar surface area (TPSA) is 57.2 Å². The number of rotatable bonds is 2. The lowest BCUT2D eigenvalue weighted by atomic mass is 10.1. The zero-order valence-corrected chi connectivity index (χ0v) is 8.60. The average molecular weight is 204 g/mol. The lowest BCUT2D eigenvalue weighted by Crippen LogP contribution is -2.31. The third-order valence-electron chi connectivity index (χ3n) is 2.52. The molecule has 82 valence electrons. The molecule has 1 N–H and O–H groups in total. The van der Waals surface area contributed by atoms with Crippen LogP contribution in [-0.2, 0) is 18.9 Å². The highest BCUT2D eigenvalue weighted by Crippen LogP contribution is 2.38. The molecule has 2 heterocycles. The van der Waals surface area contributed by atoms with Crippen LogP contribution in [0.1, 0.15) is 13.8 Å². The van der Waals surface area contributed by atoms with E-state index in [1.165, 1.54) is 0 Å². The summed E-state index contributed by atoms with van der Waals surface area (Å²) in [6.07, 6.45) is -1.28. The molecule has 0 radical (unpaired) electrons. The van der Waals surface area contributed by atoms with E-state index in [4.69, 9.17) is 24.1 Å². The SMILES string of the molecule is CO[C@@H]1O[C@H](CO)C2OC(C)(C)O[C@@H]21. The van der Waals surface area contributed by atoms with E-state index < -0.39 is 12.1 Å². The molecule has 2 rings (SSSR count). The molecule has 0 aromatic rings. The van der Waals surface area contributed by atoms with Crippen LogP contribution in [0, 0.1) is 0 Å². The number of hydrogen-bond donors (Lipinski definition) is 1. The molecule has 0 aliphatic carbocycles. The van der Waals surface area contributed by atoms with Crippen molar-refractivity contribution >= 4 is 0 Å². The minimum Gasteiger partial charge on any atom is -0.394 e. The number of fused-ring (bicyclic) bond motifs is 1. The summed E-state index contributed by atoms with van der Waals surface area (Å²) in [6, 6.07) is 0. The fourth-order valence-corrected chi connectivity index (χ4v) is 1.98. The maximum atomic E-state index is 9.08. The largest absolute Gasteiger partial charge is 0.394 e. The molecule has 2 aliphatic rings. The van der Waals surface area contributed by atoms with Crippen molar-refractivity contribution in [3.63, 3.8) is 0 Å².